The molecular weight excluding hydrogens is 234 g/mol. The highest BCUT2D eigenvalue weighted by atomic mass is 16.2. The average molecular weight is 251 g/mol. The van der Waals surface area contributed by atoms with Crippen molar-refractivity contribution >= 4 is 11.8 Å². The highest BCUT2D eigenvalue weighted by Gasteiger charge is 2.29. The highest BCUT2D eigenvalue weighted by Crippen LogP contribution is 2.09. The monoisotopic (exact) mass is 251 g/mol. The summed E-state index contributed by atoms with van der Waals surface area (Å²) in [6.07, 6.45) is 2.39. The number of rotatable bonds is 3. The van der Waals surface area contributed by atoms with E-state index in [0.717, 1.165) is 0 Å². The minimum atomic E-state index is -0.423. The van der Waals surface area contributed by atoms with Gasteiger partial charge in [-0.25, -0.2) is 4.98 Å². The number of aryl methyl sites for hydroxylation is 1. The van der Waals surface area contributed by atoms with Crippen molar-refractivity contribution in [3.8, 4) is 0 Å². The number of aromatic nitrogens is 3. The van der Waals surface area contributed by atoms with Gasteiger partial charge in [-0.3, -0.25) is 14.3 Å². The largest absolute Gasteiger partial charge is 0.344 e. The Morgan fingerprint density at radius 3 is 2.89 bits per heavy atom. The second-order valence-electron chi connectivity index (χ2n) is 4.34. The Kier molecular flexibility index (Phi) is 3.59. The van der Waals surface area contributed by atoms with Gasteiger partial charge < -0.3 is 10.2 Å². The molecule has 1 aliphatic rings. The predicted molar refractivity (Wildman–Crippen MR) is 63.3 cm³/mol. The number of nitrogens with zero attached hydrogens (tertiary/aromatic N) is 4. The van der Waals surface area contributed by atoms with Crippen molar-refractivity contribution < 1.29 is 9.59 Å². The molecule has 1 atom stereocenters. The van der Waals surface area contributed by atoms with E-state index in [9.17, 15) is 9.59 Å². The van der Waals surface area contributed by atoms with Gasteiger partial charge >= 0.3 is 0 Å². The van der Waals surface area contributed by atoms with E-state index in [-0.39, 0.29) is 11.8 Å². The molecule has 0 saturated carbocycles. The van der Waals surface area contributed by atoms with Crippen LogP contribution in [0.5, 0.6) is 0 Å². The van der Waals surface area contributed by atoms with E-state index >= 15 is 0 Å². The van der Waals surface area contributed by atoms with Crippen LogP contribution in [0.2, 0.25) is 0 Å². The van der Waals surface area contributed by atoms with Crippen molar-refractivity contribution in [2.75, 3.05) is 6.54 Å². The normalized spacial score (nSPS) is 20.8. The van der Waals surface area contributed by atoms with E-state index in [1.54, 1.807) is 16.6 Å². The van der Waals surface area contributed by atoms with Crippen molar-refractivity contribution in [3.63, 3.8) is 0 Å². The Hall–Kier alpha value is -1.92. The van der Waals surface area contributed by atoms with Crippen LogP contribution in [0.1, 0.15) is 25.6 Å². The molecule has 18 heavy (non-hydrogen) atoms. The first-order valence-corrected chi connectivity index (χ1v) is 6.02. The van der Waals surface area contributed by atoms with Gasteiger partial charge in [0.2, 0.25) is 11.8 Å². The topological polar surface area (TPSA) is 80.1 Å². The molecule has 0 aromatic carbocycles. The van der Waals surface area contributed by atoms with Gasteiger partial charge in [0.05, 0.1) is 6.54 Å². The molecule has 0 spiro atoms. The van der Waals surface area contributed by atoms with Gasteiger partial charge in [0, 0.05) is 20.0 Å². The van der Waals surface area contributed by atoms with Crippen LogP contribution in [-0.2, 0) is 23.2 Å². The fourth-order valence-corrected chi connectivity index (χ4v) is 1.96. The third-order valence-electron chi connectivity index (χ3n) is 3.10. The van der Waals surface area contributed by atoms with Crippen LogP contribution < -0.4 is 5.32 Å². The van der Waals surface area contributed by atoms with E-state index in [4.69, 9.17) is 0 Å². The molecule has 2 heterocycles. The fourth-order valence-electron chi connectivity index (χ4n) is 1.96. The molecule has 7 nitrogen and oxygen atoms in total. The quantitative estimate of drug-likeness (QED) is 0.781. The molecule has 7 heteroatoms. The molecule has 98 valence electrons. The summed E-state index contributed by atoms with van der Waals surface area (Å²) in [7, 11) is 1.78. The summed E-state index contributed by atoms with van der Waals surface area (Å²) < 4.78 is 1.63. The van der Waals surface area contributed by atoms with Gasteiger partial charge in [-0.2, -0.15) is 5.10 Å². The molecule has 0 radical (unpaired) electrons. The Morgan fingerprint density at radius 1 is 1.50 bits per heavy atom. The van der Waals surface area contributed by atoms with E-state index in [1.165, 1.54) is 6.33 Å². The highest BCUT2D eigenvalue weighted by molar-refractivity contribution is 5.89. The summed E-state index contributed by atoms with van der Waals surface area (Å²) in [5.74, 6) is 0.592. The molecule has 1 aliphatic heterocycles. The van der Waals surface area contributed by atoms with Gasteiger partial charge in [0.25, 0.3) is 0 Å². The minimum Gasteiger partial charge on any atom is -0.344 e. The van der Waals surface area contributed by atoms with Crippen molar-refractivity contribution in [1.82, 2.24) is 25.0 Å². The predicted octanol–water partition coefficient (Wildman–Crippen LogP) is -0.558. The van der Waals surface area contributed by atoms with Crippen LogP contribution in [0.4, 0.5) is 0 Å². The third-order valence-corrected chi connectivity index (χ3v) is 3.10. The number of nitrogens with one attached hydrogen (secondary N) is 1. The molecule has 1 aromatic heterocycles. The van der Waals surface area contributed by atoms with Crippen molar-refractivity contribution in [2.45, 2.75) is 32.4 Å². The summed E-state index contributed by atoms with van der Waals surface area (Å²) in [5.41, 5.74) is 0. The van der Waals surface area contributed by atoms with E-state index < -0.39 is 6.04 Å². The van der Waals surface area contributed by atoms with E-state index in [2.05, 4.69) is 15.4 Å². The molecule has 2 amide bonds. The molecule has 1 N–H and O–H groups in total. The fraction of sp³-hybridized carbons (Fsp3) is 0.636. The zero-order chi connectivity index (χ0) is 13.1. The number of hydrogen-bond acceptors (Lipinski definition) is 4. The van der Waals surface area contributed by atoms with Gasteiger partial charge in [0.15, 0.2) is 0 Å². The second-order valence-corrected chi connectivity index (χ2v) is 4.34. The average Bonchev–Trinajstić information content (AvgIpc) is 2.70. The minimum absolute atomic E-state index is 0.0497. The van der Waals surface area contributed by atoms with Crippen LogP contribution in [0, 0.1) is 0 Å². The number of carbonyl (C=O) groups is 2. The van der Waals surface area contributed by atoms with Crippen LogP contribution in [0.15, 0.2) is 6.33 Å². The maximum atomic E-state index is 12.2. The lowest BCUT2D eigenvalue weighted by atomic mass is 10.2. The lowest BCUT2D eigenvalue weighted by molar-refractivity contribution is -0.134. The van der Waals surface area contributed by atoms with Crippen molar-refractivity contribution in [3.05, 3.63) is 12.2 Å². The lowest BCUT2D eigenvalue weighted by Crippen LogP contribution is -2.44. The molecule has 0 aliphatic carbocycles. The van der Waals surface area contributed by atoms with Crippen LogP contribution >= 0.6 is 0 Å². The Bertz CT molecular complexity index is 456. The molecule has 1 aromatic rings. The smallest absolute Gasteiger partial charge is 0.245 e. The second kappa shape index (κ2) is 5.16. The zero-order valence-corrected chi connectivity index (χ0v) is 10.6. The number of amides is 2. The Morgan fingerprint density at radius 2 is 2.28 bits per heavy atom. The summed E-state index contributed by atoms with van der Waals surface area (Å²) in [4.78, 5) is 29.5. The van der Waals surface area contributed by atoms with Gasteiger partial charge in [-0.05, 0) is 6.42 Å². The first-order valence-electron chi connectivity index (χ1n) is 6.02. The number of carbonyl (C=O) groups excluding carboxylic acids is 2. The maximum absolute atomic E-state index is 12.2. The van der Waals surface area contributed by atoms with Crippen LogP contribution in [-0.4, -0.2) is 44.1 Å². The molecule has 1 unspecified atom stereocenters. The Labute approximate surface area is 105 Å². The SMILES string of the molecule is CCC1NC(=O)CCN(Cc2ncnn2C)C1=O. The van der Waals surface area contributed by atoms with E-state index in [1.807, 2.05) is 6.92 Å². The standard InChI is InChI=1S/C11H17N5O2/c1-3-8-11(18)16(5-4-10(17)14-8)6-9-12-7-13-15(9)2/h7-8H,3-6H2,1-2H3,(H,14,17). The summed E-state index contributed by atoms with van der Waals surface area (Å²) in [5, 5.41) is 6.70. The first kappa shape index (κ1) is 12.5. The zero-order valence-electron chi connectivity index (χ0n) is 10.6. The summed E-state index contributed by atoms with van der Waals surface area (Å²) in [6, 6.07) is -0.423. The van der Waals surface area contributed by atoms with Crippen molar-refractivity contribution in [1.29, 1.82) is 0 Å². The summed E-state index contributed by atoms with van der Waals surface area (Å²) in [6.45, 7) is 2.70. The van der Waals surface area contributed by atoms with Gasteiger partial charge in [0.1, 0.15) is 18.2 Å². The molecule has 0 bridgehead atoms. The van der Waals surface area contributed by atoms with Crippen LogP contribution in [0.25, 0.3) is 0 Å². The van der Waals surface area contributed by atoms with E-state index in [0.29, 0.717) is 31.8 Å². The Balaban J connectivity index is 2.13. The third kappa shape index (κ3) is 2.49. The molecular formula is C11H17N5O2. The lowest BCUT2D eigenvalue weighted by Gasteiger charge is -2.22. The first-order chi connectivity index (χ1) is 8.61. The van der Waals surface area contributed by atoms with Gasteiger partial charge in [-0.1, -0.05) is 6.92 Å². The number of hydrogen-bond donors (Lipinski definition) is 1. The van der Waals surface area contributed by atoms with Gasteiger partial charge in [-0.15, -0.1) is 0 Å². The van der Waals surface area contributed by atoms with Crippen LogP contribution in [0.3, 0.4) is 0 Å². The summed E-state index contributed by atoms with van der Waals surface area (Å²) >= 11 is 0. The molecule has 1 fully saturated rings. The molecule has 1 saturated heterocycles. The maximum Gasteiger partial charge on any atom is 0.245 e. The molecule has 2 rings (SSSR count). The van der Waals surface area contributed by atoms with Crippen molar-refractivity contribution in [2.24, 2.45) is 7.05 Å².